The summed E-state index contributed by atoms with van der Waals surface area (Å²) in [6.07, 6.45) is 11.6. The monoisotopic (exact) mass is 298 g/mol. The van der Waals surface area contributed by atoms with Gasteiger partial charge in [0.15, 0.2) is 0 Å². The van der Waals surface area contributed by atoms with Crippen LogP contribution in [-0.2, 0) is 5.54 Å². The maximum atomic E-state index is 12.2. The van der Waals surface area contributed by atoms with E-state index in [4.69, 9.17) is 0 Å². The minimum atomic E-state index is -0.143. The lowest BCUT2D eigenvalue weighted by molar-refractivity contribution is 0.177. The third kappa shape index (κ3) is 3.52. The molecule has 2 amide bonds. The quantitative estimate of drug-likeness (QED) is 0.784. The second-order valence-electron chi connectivity index (χ2n) is 6.54. The van der Waals surface area contributed by atoms with Gasteiger partial charge in [-0.3, -0.25) is 0 Å². The molecule has 1 aromatic carbocycles. The molecule has 2 aliphatic carbocycles. The minimum absolute atomic E-state index is 0.0278. The van der Waals surface area contributed by atoms with Crippen molar-refractivity contribution in [2.75, 3.05) is 6.54 Å². The van der Waals surface area contributed by atoms with Crippen LogP contribution in [0.1, 0.15) is 56.9 Å². The third-order valence-electron chi connectivity index (χ3n) is 5.00. The van der Waals surface area contributed by atoms with Gasteiger partial charge in [-0.1, -0.05) is 42.0 Å². The molecule has 0 radical (unpaired) electrons. The number of hydrogen-bond acceptors (Lipinski definition) is 1. The van der Waals surface area contributed by atoms with Gasteiger partial charge < -0.3 is 10.6 Å². The van der Waals surface area contributed by atoms with Crippen LogP contribution in [0.2, 0.25) is 0 Å². The van der Waals surface area contributed by atoms with Crippen LogP contribution in [0.4, 0.5) is 4.79 Å². The van der Waals surface area contributed by atoms with E-state index in [0.29, 0.717) is 0 Å². The molecule has 1 aromatic rings. The van der Waals surface area contributed by atoms with Gasteiger partial charge in [-0.2, -0.15) is 0 Å². The molecule has 0 spiro atoms. The lowest BCUT2D eigenvalue weighted by Crippen LogP contribution is -2.54. The molecule has 0 bridgehead atoms. The highest BCUT2D eigenvalue weighted by molar-refractivity contribution is 5.75. The molecule has 0 heterocycles. The Morgan fingerprint density at radius 3 is 2.55 bits per heavy atom. The van der Waals surface area contributed by atoms with E-state index in [-0.39, 0.29) is 11.6 Å². The zero-order valence-electron chi connectivity index (χ0n) is 13.2. The molecule has 22 heavy (non-hydrogen) atoms. The smallest absolute Gasteiger partial charge is 0.315 e. The fourth-order valence-corrected chi connectivity index (χ4v) is 3.50. The zero-order chi connectivity index (χ0) is 15.3. The predicted molar refractivity (Wildman–Crippen MR) is 89.7 cm³/mol. The normalized spacial score (nSPS) is 19.7. The highest BCUT2D eigenvalue weighted by Gasteiger charge is 2.39. The van der Waals surface area contributed by atoms with Gasteiger partial charge in [-0.15, -0.1) is 0 Å². The first-order valence-corrected chi connectivity index (χ1v) is 8.58. The summed E-state index contributed by atoms with van der Waals surface area (Å²) in [7, 11) is 0. The summed E-state index contributed by atoms with van der Waals surface area (Å²) in [5.74, 6) is 0. The standard InChI is InChI=1S/C19H26N2O/c22-18(20-15-12-16-8-3-1-4-9-16)21-19(13-7-14-19)17-10-5-2-6-11-17/h2,5-6,8,10-11H,1,3-4,7,9,12-15H2,(H2,20,21,22). The Morgan fingerprint density at radius 2 is 1.91 bits per heavy atom. The van der Waals surface area contributed by atoms with Crippen LogP contribution in [0.15, 0.2) is 42.0 Å². The van der Waals surface area contributed by atoms with E-state index < -0.39 is 0 Å². The molecule has 0 saturated heterocycles. The van der Waals surface area contributed by atoms with Crippen molar-refractivity contribution in [1.82, 2.24) is 10.6 Å². The second kappa shape index (κ2) is 6.99. The van der Waals surface area contributed by atoms with Crippen LogP contribution >= 0.6 is 0 Å². The number of carbonyl (C=O) groups is 1. The fraction of sp³-hybridized carbons (Fsp3) is 0.526. The summed E-state index contributed by atoms with van der Waals surface area (Å²) >= 11 is 0. The number of amides is 2. The largest absolute Gasteiger partial charge is 0.338 e. The van der Waals surface area contributed by atoms with Crippen LogP contribution < -0.4 is 10.6 Å². The number of carbonyl (C=O) groups excluding carboxylic acids is 1. The Kier molecular flexibility index (Phi) is 4.81. The molecule has 2 N–H and O–H groups in total. The molecule has 3 heteroatoms. The lowest BCUT2D eigenvalue weighted by Gasteiger charge is -2.43. The van der Waals surface area contributed by atoms with Gasteiger partial charge in [0.1, 0.15) is 0 Å². The number of benzene rings is 1. The molecule has 0 unspecified atom stereocenters. The van der Waals surface area contributed by atoms with Crippen molar-refractivity contribution < 1.29 is 4.79 Å². The topological polar surface area (TPSA) is 41.1 Å². The Labute approximate surface area is 133 Å². The molecular weight excluding hydrogens is 272 g/mol. The van der Waals surface area contributed by atoms with E-state index in [9.17, 15) is 4.79 Å². The minimum Gasteiger partial charge on any atom is -0.338 e. The number of hydrogen-bond donors (Lipinski definition) is 2. The van der Waals surface area contributed by atoms with Crippen LogP contribution in [0, 0.1) is 0 Å². The Balaban J connectivity index is 1.49. The summed E-state index contributed by atoms with van der Waals surface area (Å²) in [6, 6.07) is 10.3. The van der Waals surface area contributed by atoms with Gasteiger partial charge in [0.25, 0.3) is 0 Å². The molecule has 3 rings (SSSR count). The Hall–Kier alpha value is -1.77. The first kappa shape index (κ1) is 15.1. The number of rotatable bonds is 5. The van der Waals surface area contributed by atoms with Crippen LogP contribution in [0.5, 0.6) is 0 Å². The van der Waals surface area contributed by atoms with E-state index in [1.807, 2.05) is 18.2 Å². The molecule has 118 valence electrons. The predicted octanol–water partition coefficient (Wildman–Crippen LogP) is 4.26. The van der Waals surface area contributed by atoms with Crippen molar-refractivity contribution in [3.8, 4) is 0 Å². The van der Waals surface area contributed by atoms with Gasteiger partial charge in [-0.25, -0.2) is 4.79 Å². The molecule has 3 nitrogen and oxygen atoms in total. The SMILES string of the molecule is O=C(NCCC1=CCCCC1)NC1(c2ccccc2)CCC1. The maximum absolute atomic E-state index is 12.2. The van der Waals surface area contributed by atoms with Gasteiger partial charge in [0.2, 0.25) is 0 Å². The Morgan fingerprint density at radius 1 is 1.09 bits per heavy atom. The van der Waals surface area contributed by atoms with Crippen LogP contribution in [0.3, 0.4) is 0 Å². The molecule has 0 atom stereocenters. The fourth-order valence-electron chi connectivity index (χ4n) is 3.50. The molecule has 1 fully saturated rings. The summed E-state index contributed by atoms with van der Waals surface area (Å²) in [5, 5.41) is 6.25. The lowest BCUT2D eigenvalue weighted by atomic mass is 9.72. The number of urea groups is 1. The van der Waals surface area contributed by atoms with E-state index in [1.165, 1.54) is 43.2 Å². The van der Waals surface area contributed by atoms with Gasteiger partial charge in [0.05, 0.1) is 5.54 Å². The number of nitrogens with one attached hydrogen (secondary N) is 2. The van der Waals surface area contributed by atoms with Gasteiger partial charge >= 0.3 is 6.03 Å². The number of allylic oxidation sites excluding steroid dienone is 1. The molecule has 0 aliphatic heterocycles. The molecule has 0 aromatic heterocycles. The summed E-state index contributed by atoms with van der Waals surface area (Å²) in [5.41, 5.74) is 2.59. The first-order valence-electron chi connectivity index (χ1n) is 8.58. The summed E-state index contributed by atoms with van der Waals surface area (Å²) < 4.78 is 0. The second-order valence-corrected chi connectivity index (χ2v) is 6.54. The van der Waals surface area contributed by atoms with E-state index in [2.05, 4.69) is 28.8 Å². The Bertz CT molecular complexity index is 532. The van der Waals surface area contributed by atoms with Crippen molar-refractivity contribution in [3.05, 3.63) is 47.5 Å². The molecule has 1 saturated carbocycles. The van der Waals surface area contributed by atoms with Crippen molar-refractivity contribution >= 4 is 6.03 Å². The molecule has 2 aliphatic rings. The van der Waals surface area contributed by atoms with Gasteiger partial charge in [0, 0.05) is 6.54 Å². The zero-order valence-corrected chi connectivity index (χ0v) is 13.2. The van der Waals surface area contributed by atoms with Crippen LogP contribution in [-0.4, -0.2) is 12.6 Å². The first-order chi connectivity index (χ1) is 10.8. The highest BCUT2D eigenvalue weighted by atomic mass is 16.2. The average Bonchev–Trinajstić information content (AvgIpc) is 2.53. The van der Waals surface area contributed by atoms with Crippen LogP contribution in [0.25, 0.3) is 0 Å². The highest BCUT2D eigenvalue weighted by Crippen LogP contribution is 2.41. The maximum Gasteiger partial charge on any atom is 0.315 e. The average molecular weight is 298 g/mol. The van der Waals surface area contributed by atoms with Crippen molar-refractivity contribution in [2.45, 2.75) is 56.9 Å². The molecular formula is C19H26N2O. The van der Waals surface area contributed by atoms with Crippen molar-refractivity contribution in [2.24, 2.45) is 0 Å². The van der Waals surface area contributed by atoms with E-state index in [1.54, 1.807) is 0 Å². The van der Waals surface area contributed by atoms with Crippen molar-refractivity contribution in [1.29, 1.82) is 0 Å². The summed E-state index contributed by atoms with van der Waals surface area (Å²) in [6.45, 7) is 0.739. The summed E-state index contributed by atoms with van der Waals surface area (Å²) in [4.78, 5) is 12.2. The van der Waals surface area contributed by atoms with Gasteiger partial charge in [-0.05, 0) is 56.9 Å². The van der Waals surface area contributed by atoms with E-state index >= 15 is 0 Å². The van der Waals surface area contributed by atoms with E-state index in [0.717, 1.165) is 25.8 Å². The third-order valence-corrected chi connectivity index (χ3v) is 5.00. The van der Waals surface area contributed by atoms with Crippen molar-refractivity contribution in [3.63, 3.8) is 0 Å².